The smallest absolute Gasteiger partial charge is 0.309 e. The van der Waals surface area contributed by atoms with Crippen molar-refractivity contribution in [3.05, 3.63) is 58.9 Å². The van der Waals surface area contributed by atoms with E-state index >= 15 is 0 Å². The summed E-state index contributed by atoms with van der Waals surface area (Å²) in [5.74, 6) is -0.719. The van der Waals surface area contributed by atoms with Crippen molar-refractivity contribution in [1.82, 2.24) is 4.90 Å². The van der Waals surface area contributed by atoms with E-state index in [2.05, 4.69) is 4.90 Å². The molecule has 0 radical (unpaired) electrons. The molecule has 2 N–H and O–H groups in total. The van der Waals surface area contributed by atoms with E-state index in [-0.39, 0.29) is 23.7 Å². The van der Waals surface area contributed by atoms with Crippen molar-refractivity contribution in [3.8, 4) is 11.1 Å². The highest BCUT2D eigenvalue weighted by Gasteiger charge is 2.30. The average molecular weight is 477 g/mol. The molecule has 0 aliphatic carbocycles. The lowest BCUT2D eigenvalue weighted by molar-refractivity contribution is -0.149. The molecule has 0 saturated carbocycles. The summed E-state index contributed by atoms with van der Waals surface area (Å²) in [5, 5.41) is 0.495. The number of hydrogen-bond acceptors (Lipinski definition) is 5. The molecule has 5 nitrogen and oxygen atoms in total. The molecule has 180 valence electrons. The van der Waals surface area contributed by atoms with E-state index in [1.807, 2.05) is 31.2 Å². The van der Waals surface area contributed by atoms with E-state index in [4.69, 9.17) is 26.8 Å². The lowest BCUT2D eigenvalue weighted by Gasteiger charge is -2.41. The molecule has 33 heavy (non-hydrogen) atoms. The van der Waals surface area contributed by atoms with Crippen molar-refractivity contribution in [1.29, 1.82) is 0 Å². The minimum Gasteiger partial charge on any atom is -0.466 e. The van der Waals surface area contributed by atoms with Crippen LogP contribution in [0.5, 0.6) is 0 Å². The third kappa shape index (κ3) is 7.24. The molecule has 3 rings (SSSR count). The van der Waals surface area contributed by atoms with Crippen LogP contribution in [0.25, 0.3) is 11.1 Å². The first-order valence-corrected chi connectivity index (χ1v) is 12.0. The fourth-order valence-electron chi connectivity index (χ4n) is 4.37. The summed E-state index contributed by atoms with van der Waals surface area (Å²) in [4.78, 5) is 14.9. The number of nitrogens with two attached hydrogens (primary N) is 1. The van der Waals surface area contributed by atoms with E-state index in [0.717, 1.165) is 43.7 Å². The highest BCUT2D eigenvalue weighted by molar-refractivity contribution is 6.30. The number of hydrogen-bond donors (Lipinski definition) is 1. The summed E-state index contributed by atoms with van der Waals surface area (Å²) in [7, 11) is 1.72. The number of ether oxygens (including phenoxy) is 2. The molecule has 0 amide bonds. The van der Waals surface area contributed by atoms with Gasteiger partial charge in [-0.1, -0.05) is 35.9 Å². The second kappa shape index (κ2) is 12.5. The van der Waals surface area contributed by atoms with Crippen molar-refractivity contribution in [2.45, 2.75) is 44.7 Å². The number of methoxy groups -OCH3 is 1. The minimum atomic E-state index is -0.309. The Morgan fingerprint density at radius 1 is 1.27 bits per heavy atom. The molecule has 0 aromatic heterocycles. The SMILES string of the molecule is CCOC(=O)[C@H](CCN1CC[C@@H]1COC)C[C@H](N)Cc1ccc(-c2cc(Cl)ccc2F)cc1. The number of benzene rings is 2. The van der Waals surface area contributed by atoms with Crippen molar-refractivity contribution < 1.29 is 18.7 Å². The highest BCUT2D eigenvalue weighted by Crippen LogP contribution is 2.27. The summed E-state index contributed by atoms with van der Waals surface area (Å²) in [6, 6.07) is 12.4. The third-order valence-electron chi connectivity index (χ3n) is 6.29. The number of esters is 1. The van der Waals surface area contributed by atoms with Gasteiger partial charge in [0.1, 0.15) is 5.82 Å². The molecule has 0 spiro atoms. The van der Waals surface area contributed by atoms with Gasteiger partial charge in [0.05, 0.1) is 19.1 Å². The van der Waals surface area contributed by atoms with E-state index in [1.165, 1.54) is 12.1 Å². The molecule has 1 aliphatic heterocycles. The van der Waals surface area contributed by atoms with Gasteiger partial charge in [0, 0.05) is 36.3 Å². The van der Waals surface area contributed by atoms with Gasteiger partial charge in [-0.3, -0.25) is 9.69 Å². The molecule has 3 atom stereocenters. The van der Waals surface area contributed by atoms with Crippen molar-refractivity contribution >= 4 is 17.6 Å². The van der Waals surface area contributed by atoms with Gasteiger partial charge in [-0.2, -0.15) is 0 Å². The average Bonchev–Trinajstić information content (AvgIpc) is 2.78. The highest BCUT2D eigenvalue weighted by atomic mass is 35.5. The molecule has 1 fully saturated rings. The number of halogens is 2. The third-order valence-corrected chi connectivity index (χ3v) is 6.52. The minimum absolute atomic E-state index is 0.177. The predicted molar refractivity (Wildman–Crippen MR) is 130 cm³/mol. The Hall–Kier alpha value is -1.99. The molecule has 1 saturated heterocycles. The zero-order chi connectivity index (χ0) is 23.8. The number of likely N-dealkylation sites (tertiary alicyclic amines) is 1. The summed E-state index contributed by atoms with van der Waals surface area (Å²) >= 11 is 6.01. The molecule has 2 aromatic carbocycles. The summed E-state index contributed by atoms with van der Waals surface area (Å²) in [6.45, 7) is 4.78. The Bertz CT molecular complexity index is 909. The molecule has 2 aromatic rings. The van der Waals surface area contributed by atoms with Crippen LogP contribution in [0.1, 0.15) is 31.7 Å². The first kappa shape index (κ1) is 25.6. The van der Waals surface area contributed by atoms with Crippen LogP contribution in [0.3, 0.4) is 0 Å². The van der Waals surface area contributed by atoms with Gasteiger partial charge in [0.2, 0.25) is 0 Å². The fraction of sp³-hybridized carbons (Fsp3) is 0.500. The normalized spacial score (nSPS) is 17.9. The number of nitrogens with zero attached hydrogens (tertiary/aromatic N) is 1. The van der Waals surface area contributed by atoms with Crippen molar-refractivity contribution in [3.63, 3.8) is 0 Å². The summed E-state index contributed by atoms with van der Waals surface area (Å²) in [5.41, 5.74) is 8.72. The maximum atomic E-state index is 14.1. The molecule has 7 heteroatoms. The quantitative estimate of drug-likeness (QED) is 0.450. The van der Waals surface area contributed by atoms with Crippen LogP contribution in [-0.2, 0) is 20.7 Å². The molecule has 1 heterocycles. The van der Waals surface area contributed by atoms with E-state index in [1.54, 1.807) is 13.2 Å². The Morgan fingerprint density at radius 3 is 2.67 bits per heavy atom. The Labute approximate surface area is 201 Å². The Balaban J connectivity index is 1.58. The van der Waals surface area contributed by atoms with Crippen LogP contribution in [0.15, 0.2) is 42.5 Å². The monoisotopic (exact) mass is 476 g/mol. The van der Waals surface area contributed by atoms with Gasteiger partial charge in [-0.15, -0.1) is 0 Å². The molecular formula is C26H34ClFN2O3. The lowest BCUT2D eigenvalue weighted by Crippen LogP contribution is -2.51. The van der Waals surface area contributed by atoms with E-state index in [9.17, 15) is 9.18 Å². The lowest BCUT2D eigenvalue weighted by atomic mass is 9.91. The largest absolute Gasteiger partial charge is 0.466 e. The van der Waals surface area contributed by atoms with Crippen LogP contribution in [0, 0.1) is 11.7 Å². The van der Waals surface area contributed by atoms with Crippen molar-refractivity contribution in [2.24, 2.45) is 11.7 Å². The van der Waals surface area contributed by atoms with Gasteiger partial charge in [0.25, 0.3) is 0 Å². The zero-order valence-electron chi connectivity index (χ0n) is 19.4. The van der Waals surface area contributed by atoms with Crippen LogP contribution < -0.4 is 5.73 Å². The van der Waals surface area contributed by atoms with Gasteiger partial charge >= 0.3 is 5.97 Å². The molecule has 0 unspecified atom stereocenters. The van der Waals surface area contributed by atoms with Crippen molar-refractivity contribution in [2.75, 3.05) is 33.4 Å². The van der Waals surface area contributed by atoms with Crippen LogP contribution in [0.2, 0.25) is 5.02 Å². The summed E-state index contributed by atoms with van der Waals surface area (Å²) in [6.07, 6.45) is 3.04. The molecular weight excluding hydrogens is 443 g/mol. The van der Waals surface area contributed by atoms with Crippen LogP contribution in [0.4, 0.5) is 4.39 Å². The Morgan fingerprint density at radius 2 is 2.03 bits per heavy atom. The number of carbonyl (C=O) groups excluding carboxylic acids is 1. The number of carbonyl (C=O) groups is 1. The molecule has 0 bridgehead atoms. The van der Waals surface area contributed by atoms with Gasteiger partial charge in [-0.25, -0.2) is 4.39 Å². The standard InChI is InChI=1S/C26H34ClFN2O3/c1-3-33-26(31)20(10-12-30-13-11-23(30)17-32-2)15-22(29)14-18-4-6-19(7-5-18)24-16-21(27)8-9-25(24)28/h4-9,16,20,22-23H,3,10-15,17,29H2,1-2H3/t20-,22-,23-/m1/s1. The van der Waals surface area contributed by atoms with E-state index < -0.39 is 0 Å². The van der Waals surface area contributed by atoms with E-state index in [0.29, 0.717) is 36.1 Å². The summed E-state index contributed by atoms with van der Waals surface area (Å²) < 4.78 is 24.7. The predicted octanol–water partition coefficient (Wildman–Crippen LogP) is 4.70. The second-order valence-electron chi connectivity index (χ2n) is 8.69. The first-order chi connectivity index (χ1) is 15.9. The zero-order valence-corrected chi connectivity index (χ0v) is 20.2. The van der Waals surface area contributed by atoms with Gasteiger partial charge in [0.15, 0.2) is 0 Å². The maximum absolute atomic E-state index is 14.1. The Kier molecular flexibility index (Phi) is 9.68. The number of rotatable bonds is 12. The van der Waals surface area contributed by atoms with Crippen LogP contribution in [-0.4, -0.2) is 56.4 Å². The first-order valence-electron chi connectivity index (χ1n) is 11.6. The second-order valence-corrected chi connectivity index (χ2v) is 9.13. The van der Waals surface area contributed by atoms with Crippen LogP contribution >= 0.6 is 11.6 Å². The topological polar surface area (TPSA) is 64.8 Å². The molecule has 1 aliphatic rings. The fourth-order valence-corrected chi connectivity index (χ4v) is 4.55. The van der Waals surface area contributed by atoms with Gasteiger partial charge in [-0.05, 0) is 68.5 Å². The van der Waals surface area contributed by atoms with Gasteiger partial charge < -0.3 is 15.2 Å². The maximum Gasteiger partial charge on any atom is 0.309 e.